The van der Waals surface area contributed by atoms with Crippen LogP contribution < -0.4 is 5.73 Å². The highest BCUT2D eigenvalue weighted by Gasteiger charge is 2.43. The smallest absolute Gasteiger partial charge is 0.256 e. The standard InChI is InChI=1S/C13H17BrN2O2/c1-2-5-13(18)7-16(8-13)12(17)10-4-3-9(14)6-11(10)15/h3-4,6,18H,2,5,7-8,15H2,1H3. The molecule has 1 saturated heterocycles. The number of benzene rings is 1. The summed E-state index contributed by atoms with van der Waals surface area (Å²) in [4.78, 5) is 13.8. The Hall–Kier alpha value is -1.07. The zero-order chi connectivity index (χ0) is 13.3. The number of hydrogen-bond donors (Lipinski definition) is 2. The molecule has 2 rings (SSSR count). The van der Waals surface area contributed by atoms with Crippen molar-refractivity contribution in [2.24, 2.45) is 0 Å². The number of nitrogens with two attached hydrogens (primary N) is 1. The molecule has 0 aromatic heterocycles. The lowest BCUT2D eigenvalue weighted by Gasteiger charge is -2.46. The van der Waals surface area contributed by atoms with Crippen LogP contribution in [0.1, 0.15) is 30.1 Å². The van der Waals surface area contributed by atoms with Crippen molar-refractivity contribution in [1.82, 2.24) is 4.90 Å². The monoisotopic (exact) mass is 312 g/mol. The van der Waals surface area contributed by atoms with Gasteiger partial charge < -0.3 is 15.7 Å². The summed E-state index contributed by atoms with van der Waals surface area (Å²) in [6.45, 7) is 2.82. The van der Waals surface area contributed by atoms with Gasteiger partial charge in [0, 0.05) is 10.2 Å². The summed E-state index contributed by atoms with van der Waals surface area (Å²) in [5.74, 6) is -0.110. The number of nitrogens with zero attached hydrogens (tertiary/aromatic N) is 1. The van der Waals surface area contributed by atoms with Gasteiger partial charge in [0.15, 0.2) is 0 Å². The van der Waals surface area contributed by atoms with E-state index < -0.39 is 5.60 Å². The molecule has 5 heteroatoms. The Labute approximate surface area is 115 Å². The zero-order valence-electron chi connectivity index (χ0n) is 10.3. The van der Waals surface area contributed by atoms with Gasteiger partial charge in [-0.2, -0.15) is 0 Å². The maximum atomic E-state index is 12.2. The number of hydrogen-bond acceptors (Lipinski definition) is 3. The van der Waals surface area contributed by atoms with E-state index in [-0.39, 0.29) is 5.91 Å². The van der Waals surface area contributed by atoms with E-state index in [9.17, 15) is 9.90 Å². The highest BCUT2D eigenvalue weighted by Crippen LogP contribution is 2.29. The number of carbonyl (C=O) groups is 1. The molecule has 0 atom stereocenters. The summed E-state index contributed by atoms with van der Waals surface area (Å²) in [5.41, 5.74) is 6.08. The topological polar surface area (TPSA) is 66.6 Å². The predicted octanol–water partition coefficient (Wildman–Crippen LogP) is 2.02. The van der Waals surface area contributed by atoms with E-state index in [2.05, 4.69) is 15.9 Å². The fourth-order valence-corrected chi connectivity index (χ4v) is 2.71. The molecule has 1 aromatic carbocycles. The van der Waals surface area contributed by atoms with E-state index >= 15 is 0 Å². The maximum absolute atomic E-state index is 12.2. The number of rotatable bonds is 3. The van der Waals surface area contributed by atoms with Gasteiger partial charge in [-0.1, -0.05) is 29.3 Å². The van der Waals surface area contributed by atoms with Crippen molar-refractivity contribution in [3.05, 3.63) is 28.2 Å². The van der Waals surface area contributed by atoms with Gasteiger partial charge in [-0.05, 0) is 24.6 Å². The van der Waals surface area contributed by atoms with Crippen LogP contribution in [0, 0.1) is 0 Å². The van der Waals surface area contributed by atoms with E-state index in [1.807, 2.05) is 6.92 Å². The van der Waals surface area contributed by atoms with E-state index in [1.54, 1.807) is 23.1 Å². The van der Waals surface area contributed by atoms with Crippen molar-refractivity contribution in [2.75, 3.05) is 18.8 Å². The zero-order valence-corrected chi connectivity index (χ0v) is 11.9. The van der Waals surface area contributed by atoms with E-state index in [0.717, 1.165) is 17.3 Å². The average Bonchev–Trinajstić information content (AvgIpc) is 2.25. The number of amides is 1. The number of halogens is 1. The molecular weight excluding hydrogens is 296 g/mol. The fraction of sp³-hybridized carbons (Fsp3) is 0.462. The molecular formula is C13H17BrN2O2. The third-order valence-corrected chi connectivity index (χ3v) is 3.71. The van der Waals surface area contributed by atoms with Gasteiger partial charge in [0.25, 0.3) is 5.91 Å². The van der Waals surface area contributed by atoms with Crippen molar-refractivity contribution < 1.29 is 9.90 Å². The Bertz CT molecular complexity index is 470. The largest absolute Gasteiger partial charge is 0.398 e. The van der Waals surface area contributed by atoms with Gasteiger partial charge in [0.2, 0.25) is 0 Å². The summed E-state index contributed by atoms with van der Waals surface area (Å²) < 4.78 is 0.850. The summed E-state index contributed by atoms with van der Waals surface area (Å²) in [7, 11) is 0. The highest BCUT2D eigenvalue weighted by atomic mass is 79.9. The van der Waals surface area contributed by atoms with Crippen LogP contribution in [-0.2, 0) is 0 Å². The van der Waals surface area contributed by atoms with Crippen molar-refractivity contribution in [2.45, 2.75) is 25.4 Å². The average molecular weight is 313 g/mol. The fourth-order valence-electron chi connectivity index (χ4n) is 2.33. The van der Waals surface area contributed by atoms with E-state index in [0.29, 0.717) is 24.3 Å². The Kier molecular flexibility index (Phi) is 3.64. The first-order valence-corrected chi connectivity index (χ1v) is 6.81. The van der Waals surface area contributed by atoms with Crippen LogP contribution in [0.15, 0.2) is 22.7 Å². The Balaban J connectivity index is 2.06. The minimum atomic E-state index is -0.700. The minimum Gasteiger partial charge on any atom is -0.398 e. The molecule has 1 amide bonds. The number of carbonyl (C=O) groups excluding carboxylic acids is 1. The molecule has 0 saturated carbocycles. The van der Waals surface area contributed by atoms with Gasteiger partial charge >= 0.3 is 0 Å². The molecule has 1 heterocycles. The number of anilines is 1. The number of likely N-dealkylation sites (tertiary alicyclic amines) is 1. The molecule has 4 nitrogen and oxygen atoms in total. The maximum Gasteiger partial charge on any atom is 0.256 e. The molecule has 3 N–H and O–H groups in total. The molecule has 1 aliphatic rings. The van der Waals surface area contributed by atoms with E-state index in [1.165, 1.54) is 0 Å². The highest BCUT2D eigenvalue weighted by molar-refractivity contribution is 9.10. The quantitative estimate of drug-likeness (QED) is 0.839. The summed E-state index contributed by atoms with van der Waals surface area (Å²) in [5, 5.41) is 10.1. The van der Waals surface area contributed by atoms with Crippen molar-refractivity contribution in [3.8, 4) is 0 Å². The van der Waals surface area contributed by atoms with Crippen LogP contribution in [0.3, 0.4) is 0 Å². The lowest BCUT2D eigenvalue weighted by molar-refractivity contribution is -0.0859. The molecule has 0 unspecified atom stereocenters. The first kappa shape index (κ1) is 13.4. The van der Waals surface area contributed by atoms with Crippen molar-refractivity contribution >= 4 is 27.5 Å². The summed E-state index contributed by atoms with van der Waals surface area (Å²) >= 11 is 3.31. The van der Waals surface area contributed by atoms with Crippen LogP contribution >= 0.6 is 15.9 Å². The van der Waals surface area contributed by atoms with Gasteiger partial charge in [-0.15, -0.1) is 0 Å². The van der Waals surface area contributed by atoms with Gasteiger partial charge in [-0.25, -0.2) is 0 Å². The molecule has 0 aliphatic carbocycles. The Morgan fingerprint density at radius 3 is 2.78 bits per heavy atom. The summed E-state index contributed by atoms with van der Waals surface area (Å²) in [6.07, 6.45) is 1.64. The number of β-amino-alcohol motifs (C(OH)–C–C–N with tert-alkyl or cyclic N) is 1. The molecule has 0 radical (unpaired) electrons. The van der Waals surface area contributed by atoms with Crippen LogP contribution in [0.2, 0.25) is 0 Å². The molecule has 98 valence electrons. The Morgan fingerprint density at radius 1 is 1.56 bits per heavy atom. The second-order valence-corrected chi connectivity index (χ2v) is 5.78. The lowest BCUT2D eigenvalue weighted by atomic mass is 9.88. The Morgan fingerprint density at radius 2 is 2.22 bits per heavy atom. The van der Waals surface area contributed by atoms with Gasteiger partial charge in [0.1, 0.15) is 0 Å². The number of aliphatic hydroxyl groups is 1. The molecule has 18 heavy (non-hydrogen) atoms. The van der Waals surface area contributed by atoms with Crippen LogP contribution in [0.25, 0.3) is 0 Å². The van der Waals surface area contributed by atoms with Crippen molar-refractivity contribution in [3.63, 3.8) is 0 Å². The third-order valence-electron chi connectivity index (χ3n) is 3.22. The first-order chi connectivity index (χ1) is 8.45. The second kappa shape index (κ2) is 4.90. The second-order valence-electron chi connectivity index (χ2n) is 4.87. The minimum absolute atomic E-state index is 0.110. The van der Waals surface area contributed by atoms with Crippen LogP contribution in [0.4, 0.5) is 5.69 Å². The molecule has 1 fully saturated rings. The third kappa shape index (κ3) is 2.52. The first-order valence-electron chi connectivity index (χ1n) is 6.02. The van der Waals surface area contributed by atoms with Crippen LogP contribution in [0.5, 0.6) is 0 Å². The molecule has 0 spiro atoms. The SMILES string of the molecule is CCCC1(O)CN(C(=O)c2ccc(Br)cc2N)C1. The normalized spacial score (nSPS) is 17.4. The molecule has 1 aliphatic heterocycles. The lowest BCUT2D eigenvalue weighted by Crippen LogP contribution is -2.63. The summed E-state index contributed by atoms with van der Waals surface area (Å²) in [6, 6.07) is 5.21. The van der Waals surface area contributed by atoms with E-state index in [4.69, 9.17) is 5.73 Å². The van der Waals surface area contributed by atoms with Crippen LogP contribution in [-0.4, -0.2) is 34.6 Å². The van der Waals surface area contributed by atoms with Gasteiger partial charge in [-0.3, -0.25) is 4.79 Å². The molecule has 0 bridgehead atoms. The van der Waals surface area contributed by atoms with Gasteiger partial charge in [0.05, 0.1) is 24.3 Å². The number of nitrogen functional groups attached to an aromatic ring is 1. The predicted molar refractivity (Wildman–Crippen MR) is 74.3 cm³/mol. The molecule has 1 aromatic rings. The van der Waals surface area contributed by atoms with Crippen molar-refractivity contribution in [1.29, 1.82) is 0 Å².